The van der Waals surface area contributed by atoms with Crippen LogP contribution in [0.25, 0.3) is 0 Å². The Balaban J connectivity index is 1.94. The number of amides is 1. The first-order valence-corrected chi connectivity index (χ1v) is 6.26. The van der Waals surface area contributed by atoms with Gasteiger partial charge in [-0.1, -0.05) is 31.2 Å². The third kappa shape index (κ3) is 2.86. The lowest BCUT2D eigenvalue weighted by molar-refractivity contribution is -0.123. The van der Waals surface area contributed by atoms with Crippen LogP contribution in [0, 0.1) is 5.92 Å². The topological polar surface area (TPSA) is 55.1 Å². The Hall–Kier alpha value is -1.35. The fourth-order valence-corrected chi connectivity index (χ4v) is 1.96. The van der Waals surface area contributed by atoms with Gasteiger partial charge in [-0.15, -0.1) is 0 Å². The number of aryl methyl sites for hydroxylation is 1. The third-order valence-electron chi connectivity index (χ3n) is 3.42. The van der Waals surface area contributed by atoms with Crippen LogP contribution in [0.1, 0.15) is 37.4 Å². The van der Waals surface area contributed by atoms with E-state index in [2.05, 4.69) is 36.5 Å². The van der Waals surface area contributed by atoms with Crippen molar-refractivity contribution in [1.82, 2.24) is 5.32 Å². The average Bonchev–Trinajstić information content (AvgIpc) is 3.06. The van der Waals surface area contributed by atoms with Crippen molar-refractivity contribution in [3.63, 3.8) is 0 Å². The number of nitrogens with two attached hydrogens (primary N) is 1. The van der Waals surface area contributed by atoms with Crippen LogP contribution in [-0.2, 0) is 11.2 Å². The molecular formula is C14H20N2O. The highest BCUT2D eigenvalue weighted by molar-refractivity contribution is 5.82. The van der Waals surface area contributed by atoms with Gasteiger partial charge in [0.15, 0.2) is 0 Å². The third-order valence-corrected chi connectivity index (χ3v) is 3.42. The number of hydrogen-bond donors (Lipinski definition) is 2. The summed E-state index contributed by atoms with van der Waals surface area (Å²) in [5, 5.41) is 3.01. The molecule has 0 bridgehead atoms. The summed E-state index contributed by atoms with van der Waals surface area (Å²) in [6.45, 7) is 4.14. The highest BCUT2D eigenvalue weighted by atomic mass is 16.2. The number of carbonyl (C=O) groups is 1. The second kappa shape index (κ2) is 4.88. The van der Waals surface area contributed by atoms with E-state index >= 15 is 0 Å². The van der Waals surface area contributed by atoms with Crippen LogP contribution in [0.15, 0.2) is 24.3 Å². The molecular weight excluding hydrogens is 212 g/mol. The summed E-state index contributed by atoms with van der Waals surface area (Å²) >= 11 is 0. The molecule has 0 heterocycles. The quantitative estimate of drug-likeness (QED) is 0.831. The molecule has 0 radical (unpaired) electrons. The minimum absolute atomic E-state index is 0.0346. The first-order chi connectivity index (χ1) is 8.11. The lowest BCUT2D eigenvalue weighted by Gasteiger charge is -2.14. The van der Waals surface area contributed by atoms with Crippen LogP contribution in [0.4, 0.5) is 0 Å². The van der Waals surface area contributed by atoms with Gasteiger partial charge in [0.2, 0.25) is 5.91 Å². The maximum absolute atomic E-state index is 11.7. The molecule has 0 aliphatic heterocycles. The van der Waals surface area contributed by atoms with Crippen molar-refractivity contribution in [2.24, 2.45) is 11.7 Å². The fraction of sp³-hybridized carbons (Fsp3) is 0.500. The summed E-state index contributed by atoms with van der Waals surface area (Å²) < 4.78 is 0. The minimum atomic E-state index is 0.0346. The van der Waals surface area contributed by atoms with Crippen molar-refractivity contribution in [2.45, 2.75) is 38.8 Å². The Labute approximate surface area is 102 Å². The molecule has 3 heteroatoms. The summed E-state index contributed by atoms with van der Waals surface area (Å²) in [6, 6.07) is 8.51. The van der Waals surface area contributed by atoms with Crippen LogP contribution in [0.2, 0.25) is 0 Å². The lowest BCUT2D eigenvalue weighted by atomic mass is 10.0. The van der Waals surface area contributed by atoms with Gasteiger partial charge in [0.1, 0.15) is 0 Å². The Morgan fingerprint density at radius 3 is 2.53 bits per heavy atom. The average molecular weight is 232 g/mol. The van der Waals surface area contributed by atoms with Crippen molar-refractivity contribution in [1.29, 1.82) is 0 Å². The van der Waals surface area contributed by atoms with Crippen LogP contribution in [0.3, 0.4) is 0 Å². The van der Waals surface area contributed by atoms with Crippen LogP contribution in [-0.4, -0.2) is 11.9 Å². The van der Waals surface area contributed by atoms with E-state index in [0.29, 0.717) is 0 Å². The predicted molar refractivity (Wildman–Crippen MR) is 68.5 cm³/mol. The molecule has 3 N–H and O–H groups in total. The monoisotopic (exact) mass is 232 g/mol. The SMILES string of the molecule is CCc1ccc(C(C)NC(=O)C2CC2N)cc1. The Morgan fingerprint density at radius 2 is 2.06 bits per heavy atom. The molecule has 1 saturated carbocycles. The minimum Gasteiger partial charge on any atom is -0.349 e. The molecule has 1 aliphatic rings. The van der Waals surface area contributed by atoms with Crippen LogP contribution in [0.5, 0.6) is 0 Å². The molecule has 1 aromatic rings. The molecule has 1 aliphatic carbocycles. The van der Waals surface area contributed by atoms with Gasteiger partial charge in [-0.05, 0) is 30.9 Å². The van der Waals surface area contributed by atoms with Crippen LogP contribution >= 0.6 is 0 Å². The van der Waals surface area contributed by atoms with E-state index in [1.807, 2.05) is 6.92 Å². The second-order valence-corrected chi connectivity index (χ2v) is 4.83. The predicted octanol–water partition coefficient (Wildman–Crippen LogP) is 1.77. The van der Waals surface area contributed by atoms with Gasteiger partial charge in [0.05, 0.1) is 12.0 Å². The zero-order valence-electron chi connectivity index (χ0n) is 10.4. The Bertz CT molecular complexity index is 399. The molecule has 17 heavy (non-hydrogen) atoms. The second-order valence-electron chi connectivity index (χ2n) is 4.83. The zero-order chi connectivity index (χ0) is 12.4. The van der Waals surface area contributed by atoms with Crippen molar-refractivity contribution >= 4 is 5.91 Å². The molecule has 3 unspecified atom stereocenters. The number of hydrogen-bond acceptors (Lipinski definition) is 2. The molecule has 2 rings (SSSR count). The zero-order valence-corrected chi connectivity index (χ0v) is 10.4. The summed E-state index contributed by atoms with van der Waals surface area (Å²) in [4.78, 5) is 11.7. The number of benzene rings is 1. The van der Waals surface area contributed by atoms with Crippen molar-refractivity contribution < 1.29 is 4.79 Å². The number of nitrogens with one attached hydrogen (secondary N) is 1. The van der Waals surface area contributed by atoms with Crippen molar-refractivity contribution in [3.8, 4) is 0 Å². The van der Waals surface area contributed by atoms with Gasteiger partial charge < -0.3 is 11.1 Å². The standard InChI is InChI=1S/C14H20N2O/c1-3-10-4-6-11(7-5-10)9(2)16-14(17)12-8-13(12)15/h4-7,9,12-13H,3,8,15H2,1-2H3,(H,16,17). The summed E-state index contributed by atoms with van der Waals surface area (Å²) in [5.41, 5.74) is 8.12. The highest BCUT2D eigenvalue weighted by Crippen LogP contribution is 2.28. The van der Waals surface area contributed by atoms with E-state index in [4.69, 9.17) is 5.73 Å². The van der Waals surface area contributed by atoms with Gasteiger partial charge >= 0.3 is 0 Å². The van der Waals surface area contributed by atoms with Gasteiger partial charge in [-0.3, -0.25) is 4.79 Å². The molecule has 0 saturated heterocycles. The van der Waals surface area contributed by atoms with E-state index in [-0.39, 0.29) is 23.9 Å². The summed E-state index contributed by atoms with van der Waals surface area (Å²) in [5.74, 6) is 0.122. The largest absolute Gasteiger partial charge is 0.349 e. The van der Waals surface area contributed by atoms with Gasteiger partial charge in [0, 0.05) is 6.04 Å². The molecule has 1 amide bonds. The first kappa shape index (κ1) is 12.1. The maximum atomic E-state index is 11.7. The highest BCUT2D eigenvalue weighted by Gasteiger charge is 2.40. The smallest absolute Gasteiger partial charge is 0.225 e. The maximum Gasteiger partial charge on any atom is 0.225 e. The number of rotatable bonds is 4. The first-order valence-electron chi connectivity index (χ1n) is 6.26. The Kier molecular flexibility index (Phi) is 3.48. The van der Waals surface area contributed by atoms with Crippen molar-refractivity contribution in [3.05, 3.63) is 35.4 Å². The molecule has 92 valence electrons. The summed E-state index contributed by atoms with van der Waals surface area (Å²) in [7, 11) is 0. The fourth-order valence-electron chi connectivity index (χ4n) is 1.96. The van der Waals surface area contributed by atoms with E-state index in [9.17, 15) is 4.79 Å². The van der Waals surface area contributed by atoms with E-state index in [1.165, 1.54) is 5.56 Å². The summed E-state index contributed by atoms with van der Waals surface area (Å²) in [6.07, 6.45) is 1.87. The van der Waals surface area contributed by atoms with E-state index in [1.54, 1.807) is 0 Å². The van der Waals surface area contributed by atoms with Gasteiger partial charge in [0.25, 0.3) is 0 Å². The Morgan fingerprint density at radius 1 is 1.47 bits per heavy atom. The molecule has 0 aromatic heterocycles. The van der Waals surface area contributed by atoms with Crippen LogP contribution < -0.4 is 11.1 Å². The van der Waals surface area contributed by atoms with E-state index in [0.717, 1.165) is 18.4 Å². The molecule has 0 spiro atoms. The molecule has 1 fully saturated rings. The van der Waals surface area contributed by atoms with Gasteiger partial charge in [-0.25, -0.2) is 0 Å². The molecule has 1 aromatic carbocycles. The van der Waals surface area contributed by atoms with E-state index < -0.39 is 0 Å². The lowest BCUT2D eigenvalue weighted by Crippen LogP contribution is -2.29. The molecule has 3 nitrogen and oxygen atoms in total. The van der Waals surface area contributed by atoms with Gasteiger partial charge in [-0.2, -0.15) is 0 Å². The van der Waals surface area contributed by atoms with Crippen molar-refractivity contribution in [2.75, 3.05) is 0 Å². The molecule has 3 atom stereocenters. The normalized spacial score (nSPS) is 24.2. The number of carbonyl (C=O) groups excluding carboxylic acids is 1.